The lowest BCUT2D eigenvalue weighted by Crippen LogP contribution is -2.25. The summed E-state index contributed by atoms with van der Waals surface area (Å²) in [6.45, 7) is 0.860. The Kier molecular flexibility index (Phi) is 3.18. The molecule has 4 rings (SSSR count). The normalized spacial score (nSPS) is 19.0. The van der Waals surface area contributed by atoms with Crippen LogP contribution in [0, 0.1) is 11.6 Å². The van der Waals surface area contributed by atoms with E-state index in [1.807, 2.05) is 0 Å². The van der Waals surface area contributed by atoms with E-state index in [0.29, 0.717) is 36.0 Å². The van der Waals surface area contributed by atoms with Crippen molar-refractivity contribution >= 4 is 11.6 Å². The average Bonchev–Trinajstić information content (AvgIpc) is 2.54. The monoisotopic (exact) mass is 317 g/mol. The molecule has 0 unspecified atom stereocenters. The first kappa shape index (κ1) is 14.0. The first-order valence-corrected chi connectivity index (χ1v) is 7.30. The van der Waals surface area contributed by atoms with Crippen LogP contribution in [0.4, 0.5) is 14.5 Å². The summed E-state index contributed by atoms with van der Waals surface area (Å²) in [4.78, 5) is 12.0. The largest absolute Gasteiger partial charge is 0.486 e. The van der Waals surface area contributed by atoms with Crippen LogP contribution in [0.3, 0.4) is 0 Å². The van der Waals surface area contributed by atoms with Crippen molar-refractivity contribution in [2.75, 3.05) is 18.5 Å². The molecule has 0 saturated heterocycles. The molecule has 2 aromatic rings. The van der Waals surface area contributed by atoms with Gasteiger partial charge in [-0.3, -0.25) is 4.79 Å². The van der Waals surface area contributed by atoms with Gasteiger partial charge < -0.3 is 14.8 Å². The highest BCUT2D eigenvalue weighted by atomic mass is 19.1. The van der Waals surface area contributed by atoms with Crippen molar-refractivity contribution in [3.63, 3.8) is 0 Å². The summed E-state index contributed by atoms with van der Waals surface area (Å²) in [5.41, 5.74) is 1.40. The zero-order valence-electron chi connectivity index (χ0n) is 12.1. The Balaban J connectivity index is 1.87. The number of anilines is 1. The molecule has 4 nitrogen and oxygen atoms in total. The molecule has 2 aliphatic rings. The van der Waals surface area contributed by atoms with Crippen LogP contribution in [-0.4, -0.2) is 19.1 Å². The SMILES string of the molecule is O=C1C[C@@H](c2cc(F)ccc2F)c2cc3c(cc2N1)OCCO3. The maximum Gasteiger partial charge on any atom is 0.225 e. The molecule has 2 heterocycles. The van der Waals surface area contributed by atoms with Crippen molar-refractivity contribution < 1.29 is 23.0 Å². The molecular weight excluding hydrogens is 304 g/mol. The Hall–Kier alpha value is -2.63. The van der Waals surface area contributed by atoms with Crippen LogP contribution in [0.5, 0.6) is 11.5 Å². The maximum absolute atomic E-state index is 14.2. The third-order valence-electron chi connectivity index (χ3n) is 4.09. The van der Waals surface area contributed by atoms with Gasteiger partial charge in [0, 0.05) is 24.1 Å². The van der Waals surface area contributed by atoms with Crippen molar-refractivity contribution in [1.82, 2.24) is 0 Å². The van der Waals surface area contributed by atoms with Gasteiger partial charge in [-0.2, -0.15) is 0 Å². The second kappa shape index (κ2) is 5.22. The predicted octanol–water partition coefficient (Wildman–Crippen LogP) is 3.21. The van der Waals surface area contributed by atoms with Crippen LogP contribution in [0.25, 0.3) is 0 Å². The molecule has 0 spiro atoms. The van der Waals surface area contributed by atoms with Gasteiger partial charge in [-0.15, -0.1) is 0 Å². The number of nitrogens with one attached hydrogen (secondary N) is 1. The zero-order valence-corrected chi connectivity index (χ0v) is 12.1. The first-order valence-electron chi connectivity index (χ1n) is 7.30. The zero-order chi connectivity index (χ0) is 16.0. The van der Waals surface area contributed by atoms with E-state index in [1.54, 1.807) is 12.1 Å². The molecule has 0 fully saturated rings. The fraction of sp³-hybridized carbons (Fsp3) is 0.235. The number of fused-ring (bicyclic) bond motifs is 2. The van der Waals surface area contributed by atoms with Gasteiger partial charge in [0.15, 0.2) is 11.5 Å². The maximum atomic E-state index is 14.2. The summed E-state index contributed by atoms with van der Waals surface area (Å²) in [6, 6.07) is 6.68. The van der Waals surface area contributed by atoms with Crippen LogP contribution >= 0.6 is 0 Å². The van der Waals surface area contributed by atoms with Crippen LogP contribution in [0.2, 0.25) is 0 Å². The highest BCUT2D eigenvalue weighted by Gasteiger charge is 2.31. The first-order chi connectivity index (χ1) is 11.1. The minimum Gasteiger partial charge on any atom is -0.486 e. The molecule has 1 atom stereocenters. The van der Waals surface area contributed by atoms with Crippen molar-refractivity contribution in [1.29, 1.82) is 0 Å². The number of hydrogen-bond acceptors (Lipinski definition) is 3. The van der Waals surface area contributed by atoms with E-state index in [-0.39, 0.29) is 17.9 Å². The second-order valence-electron chi connectivity index (χ2n) is 5.55. The molecule has 2 aromatic carbocycles. The molecule has 2 aliphatic heterocycles. The molecular formula is C17H13F2NO3. The summed E-state index contributed by atoms with van der Waals surface area (Å²) in [5.74, 6) is -0.796. The van der Waals surface area contributed by atoms with Gasteiger partial charge in [-0.1, -0.05) is 0 Å². The predicted molar refractivity (Wildman–Crippen MR) is 78.9 cm³/mol. The van der Waals surface area contributed by atoms with E-state index in [2.05, 4.69) is 5.32 Å². The number of carbonyl (C=O) groups is 1. The standard InChI is InChI=1S/C17H13F2NO3/c18-9-1-2-13(19)11(5-9)10-7-17(21)20-14-8-16-15(6-12(10)14)22-3-4-23-16/h1-2,5-6,8,10H,3-4,7H2,(H,20,21)/t10-/m0/s1. The Morgan fingerprint density at radius 1 is 1.00 bits per heavy atom. The van der Waals surface area contributed by atoms with Gasteiger partial charge in [-0.05, 0) is 35.4 Å². The average molecular weight is 317 g/mol. The minimum absolute atomic E-state index is 0.0486. The molecule has 1 amide bonds. The van der Waals surface area contributed by atoms with Crippen molar-refractivity contribution in [3.8, 4) is 11.5 Å². The number of rotatable bonds is 1. The third-order valence-corrected chi connectivity index (χ3v) is 4.09. The van der Waals surface area contributed by atoms with E-state index in [1.165, 1.54) is 0 Å². The number of benzene rings is 2. The van der Waals surface area contributed by atoms with E-state index in [0.717, 1.165) is 18.2 Å². The molecule has 0 saturated carbocycles. The number of ether oxygens (including phenoxy) is 2. The molecule has 6 heteroatoms. The summed E-state index contributed by atoms with van der Waals surface area (Å²) < 4.78 is 38.7. The van der Waals surface area contributed by atoms with Crippen LogP contribution < -0.4 is 14.8 Å². The Morgan fingerprint density at radius 3 is 2.52 bits per heavy atom. The fourth-order valence-electron chi connectivity index (χ4n) is 3.06. The van der Waals surface area contributed by atoms with Gasteiger partial charge in [0.05, 0.1) is 0 Å². The third kappa shape index (κ3) is 2.40. The summed E-state index contributed by atoms with van der Waals surface area (Å²) in [6.07, 6.45) is 0.0486. The number of hydrogen-bond donors (Lipinski definition) is 1. The van der Waals surface area contributed by atoms with Gasteiger partial charge >= 0.3 is 0 Å². The van der Waals surface area contributed by atoms with Gasteiger partial charge in [-0.25, -0.2) is 8.78 Å². The van der Waals surface area contributed by atoms with Crippen LogP contribution in [0.1, 0.15) is 23.5 Å². The number of amides is 1. The highest BCUT2D eigenvalue weighted by molar-refractivity contribution is 5.96. The van der Waals surface area contributed by atoms with E-state index in [9.17, 15) is 13.6 Å². The van der Waals surface area contributed by atoms with Gasteiger partial charge in [0.2, 0.25) is 5.91 Å². The molecule has 1 N–H and O–H groups in total. The number of carbonyl (C=O) groups excluding carboxylic acids is 1. The van der Waals surface area contributed by atoms with E-state index >= 15 is 0 Å². The fourth-order valence-corrected chi connectivity index (χ4v) is 3.06. The molecule has 0 aromatic heterocycles. The molecule has 0 radical (unpaired) electrons. The quantitative estimate of drug-likeness (QED) is 0.878. The topological polar surface area (TPSA) is 47.6 Å². The lowest BCUT2D eigenvalue weighted by atomic mass is 9.84. The van der Waals surface area contributed by atoms with Crippen LogP contribution in [-0.2, 0) is 4.79 Å². The Bertz CT molecular complexity index is 807. The van der Waals surface area contributed by atoms with Crippen molar-refractivity contribution in [2.24, 2.45) is 0 Å². The van der Waals surface area contributed by atoms with Gasteiger partial charge in [0.1, 0.15) is 24.8 Å². The molecule has 0 bridgehead atoms. The second-order valence-corrected chi connectivity index (χ2v) is 5.55. The summed E-state index contributed by atoms with van der Waals surface area (Å²) in [7, 11) is 0. The van der Waals surface area contributed by atoms with Crippen molar-refractivity contribution in [3.05, 3.63) is 53.1 Å². The minimum atomic E-state index is -0.565. The van der Waals surface area contributed by atoms with Gasteiger partial charge in [0.25, 0.3) is 0 Å². The van der Waals surface area contributed by atoms with Crippen LogP contribution in [0.15, 0.2) is 30.3 Å². The Labute approximate surface area is 131 Å². The lowest BCUT2D eigenvalue weighted by molar-refractivity contribution is -0.116. The summed E-state index contributed by atoms with van der Waals surface area (Å²) in [5, 5.41) is 2.75. The highest BCUT2D eigenvalue weighted by Crippen LogP contribution is 2.44. The molecule has 23 heavy (non-hydrogen) atoms. The summed E-state index contributed by atoms with van der Waals surface area (Å²) >= 11 is 0. The number of halogens is 2. The van der Waals surface area contributed by atoms with E-state index in [4.69, 9.17) is 9.47 Å². The smallest absolute Gasteiger partial charge is 0.225 e. The van der Waals surface area contributed by atoms with E-state index < -0.39 is 17.6 Å². The molecule has 118 valence electrons. The van der Waals surface area contributed by atoms with Crippen molar-refractivity contribution in [2.45, 2.75) is 12.3 Å². The lowest BCUT2D eigenvalue weighted by Gasteiger charge is -2.29. The molecule has 0 aliphatic carbocycles. The Morgan fingerprint density at radius 2 is 1.74 bits per heavy atom.